The Kier molecular flexibility index (Phi) is 9.00. The van der Waals surface area contributed by atoms with Gasteiger partial charge >= 0.3 is 11.9 Å². The topological polar surface area (TPSA) is 112 Å². The largest absolute Gasteiger partial charge is 0.478 e. The molecular weight excluding hydrogens is 536 g/mol. The van der Waals surface area contributed by atoms with Crippen LogP contribution in [0.15, 0.2) is 121 Å². The van der Waals surface area contributed by atoms with Crippen LogP contribution in [-0.2, 0) is 23.0 Å². The number of carbonyl (C=O) groups is 2. The van der Waals surface area contributed by atoms with Gasteiger partial charge in [-0.15, -0.1) is 0 Å². The van der Waals surface area contributed by atoms with E-state index in [0.29, 0.717) is 11.3 Å². The summed E-state index contributed by atoms with van der Waals surface area (Å²) in [6.45, 7) is 0.0689. The molecule has 8 heteroatoms. The lowest BCUT2D eigenvalue weighted by Gasteiger charge is -2.12. The fourth-order valence-corrected chi connectivity index (χ4v) is 4.38. The summed E-state index contributed by atoms with van der Waals surface area (Å²) in [6, 6.07) is 35.5. The molecule has 0 aliphatic carbocycles. The highest BCUT2D eigenvalue weighted by atomic mass is 17.2. The van der Waals surface area contributed by atoms with E-state index < -0.39 is 11.9 Å². The van der Waals surface area contributed by atoms with Crippen LogP contribution in [-0.4, -0.2) is 22.3 Å². The molecule has 0 radical (unpaired) electrons. The summed E-state index contributed by atoms with van der Waals surface area (Å²) in [6.07, 6.45) is 0. The van der Waals surface area contributed by atoms with Crippen molar-refractivity contribution >= 4 is 11.9 Å². The fraction of sp³-hybridized carbons (Fsp3) is 0.0588. The van der Waals surface area contributed by atoms with Crippen LogP contribution in [0, 0.1) is 0 Å². The molecule has 0 spiro atoms. The van der Waals surface area contributed by atoms with Crippen LogP contribution in [0.3, 0.4) is 0 Å². The number of aromatic carboxylic acids is 1. The zero-order chi connectivity index (χ0) is 29.3. The third-order valence-electron chi connectivity index (χ3n) is 6.51. The second-order valence-corrected chi connectivity index (χ2v) is 9.26. The van der Waals surface area contributed by atoms with Crippen molar-refractivity contribution in [3.05, 3.63) is 144 Å². The molecule has 0 aromatic heterocycles. The number of rotatable bonds is 11. The third-order valence-corrected chi connectivity index (χ3v) is 6.51. The van der Waals surface area contributed by atoms with Crippen molar-refractivity contribution in [1.29, 1.82) is 0 Å². The second-order valence-electron chi connectivity index (χ2n) is 9.26. The zero-order valence-corrected chi connectivity index (χ0v) is 22.3. The lowest BCUT2D eigenvalue weighted by Crippen LogP contribution is -2.14. The van der Waals surface area contributed by atoms with Crippen molar-refractivity contribution in [1.82, 2.24) is 0 Å². The summed E-state index contributed by atoms with van der Waals surface area (Å²) in [7, 11) is 0. The number of carboxylic acids is 1. The molecule has 0 saturated carbocycles. The molecule has 8 nitrogen and oxygen atoms in total. The van der Waals surface area contributed by atoms with Gasteiger partial charge in [-0.2, -0.15) is 4.89 Å². The van der Waals surface area contributed by atoms with Gasteiger partial charge in [0.2, 0.25) is 0 Å². The summed E-state index contributed by atoms with van der Waals surface area (Å²) in [5.41, 5.74) is 4.80. The molecule has 2 N–H and O–H groups in total. The second kappa shape index (κ2) is 13.4. The molecule has 0 unspecified atom stereocenters. The minimum atomic E-state index is -1.23. The minimum Gasteiger partial charge on any atom is -0.478 e. The Morgan fingerprint density at radius 3 is 1.79 bits per heavy atom. The van der Waals surface area contributed by atoms with E-state index in [1.807, 2.05) is 78.9 Å². The van der Waals surface area contributed by atoms with Crippen LogP contribution < -0.4 is 9.62 Å². The summed E-state index contributed by atoms with van der Waals surface area (Å²) in [4.78, 5) is 39.9. The number of carboxylic acid groups (broad SMARTS) is 1. The zero-order valence-electron chi connectivity index (χ0n) is 22.3. The number of hydrogen-bond acceptors (Lipinski definition) is 7. The van der Waals surface area contributed by atoms with E-state index in [1.54, 1.807) is 18.2 Å². The van der Waals surface area contributed by atoms with E-state index >= 15 is 0 Å². The number of carbonyl (C=O) groups excluding carboxylic acids is 1. The van der Waals surface area contributed by atoms with Crippen molar-refractivity contribution in [3.63, 3.8) is 0 Å². The molecule has 0 atom stereocenters. The predicted octanol–water partition coefficient (Wildman–Crippen LogP) is 7.44. The predicted molar refractivity (Wildman–Crippen MR) is 155 cm³/mol. The summed E-state index contributed by atoms with van der Waals surface area (Å²) in [5.74, 6) is -1.47. The van der Waals surface area contributed by atoms with Gasteiger partial charge in [0.05, 0.1) is 11.1 Å². The van der Waals surface area contributed by atoms with Crippen molar-refractivity contribution in [2.24, 2.45) is 0 Å². The molecule has 5 aromatic carbocycles. The van der Waals surface area contributed by atoms with Crippen molar-refractivity contribution in [2.45, 2.75) is 13.2 Å². The van der Waals surface area contributed by atoms with Gasteiger partial charge in [-0.1, -0.05) is 78.9 Å². The molecule has 0 fully saturated rings. The summed E-state index contributed by atoms with van der Waals surface area (Å²) < 4.78 is 5.42. The minimum absolute atomic E-state index is 0.0159. The maximum absolute atomic E-state index is 12.8. The Balaban J connectivity index is 1.21. The highest BCUT2D eigenvalue weighted by molar-refractivity contribution is 6.04. The Morgan fingerprint density at radius 1 is 0.571 bits per heavy atom. The monoisotopic (exact) mass is 562 g/mol. The molecule has 210 valence electrons. The Bertz CT molecular complexity index is 1670. The molecule has 0 amide bonds. The van der Waals surface area contributed by atoms with Crippen LogP contribution in [0.5, 0.6) is 11.5 Å². The van der Waals surface area contributed by atoms with E-state index in [-0.39, 0.29) is 30.1 Å². The average molecular weight is 563 g/mol. The molecular formula is C34H26O8. The van der Waals surface area contributed by atoms with Crippen LogP contribution >= 0.6 is 0 Å². The van der Waals surface area contributed by atoms with Crippen molar-refractivity contribution in [2.75, 3.05) is 0 Å². The number of ether oxygens (including phenoxy) is 1. The van der Waals surface area contributed by atoms with E-state index in [9.17, 15) is 14.7 Å². The lowest BCUT2D eigenvalue weighted by molar-refractivity contribution is -0.253. The quantitative estimate of drug-likeness (QED) is 0.0740. The highest BCUT2D eigenvalue weighted by Crippen LogP contribution is 2.26. The standard InChI is InChI=1S/C34H26O8/c35-33(36)32-20-26(24-9-5-2-6-10-24)13-18-31(32)34(37)41-29-14-16-30(17-15-29)42-40-22-27-12-11-25(19-28(27)21-39-38)23-7-3-1-4-8-23/h1-20,38H,21-22H2,(H,35,36). The molecule has 5 rings (SSSR count). The molecule has 0 heterocycles. The number of benzene rings is 5. The maximum Gasteiger partial charge on any atom is 0.344 e. The van der Waals surface area contributed by atoms with Gasteiger partial charge in [-0.3, -0.25) is 5.26 Å². The SMILES string of the molecule is O=C(O)c1cc(-c2ccccc2)ccc1C(=O)Oc1ccc(OOCc2ccc(-c3ccccc3)cc2COO)cc1. The van der Waals surface area contributed by atoms with Gasteiger partial charge in [0.25, 0.3) is 0 Å². The van der Waals surface area contributed by atoms with Crippen molar-refractivity contribution < 1.29 is 39.4 Å². The lowest BCUT2D eigenvalue weighted by atomic mass is 9.99. The normalized spacial score (nSPS) is 10.7. The Labute approximate surface area is 241 Å². The third kappa shape index (κ3) is 6.89. The van der Waals surface area contributed by atoms with E-state index in [4.69, 9.17) is 19.8 Å². The van der Waals surface area contributed by atoms with Crippen LogP contribution in [0.25, 0.3) is 22.3 Å². The van der Waals surface area contributed by atoms with E-state index in [1.165, 1.54) is 24.3 Å². The molecule has 5 aromatic rings. The molecule has 0 aliphatic rings. The average Bonchev–Trinajstić information content (AvgIpc) is 3.03. The van der Waals surface area contributed by atoms with Crippen LogP contribution in [0.4, 0.5) is 0 Å². The smallest absolute Gasteiger partial charge is 0.344 e. The number of esters is 1. The Morgan fingerprint density at radius 2 is 1.17 bits per heavy atom. The summed E-state index contributed by atoms with van der Waals surface area (Å²) >= 11 is 0. The van der Waals surface area contributed by atoms with E-state index in [0.717, 1.165) is 27.8 Å². The Hall–Kier alpha value is -5.28. The first-order valence-electron chi connectivity index (χ1n) is 13.0. The fourth-order valence-electron chi connectivity index (χ4n) is 4.38. The first-order chi connectivity index (χ1) is 20.5. The van der Waals surface area contributed by atoms with Gasteiger partial charge in [-0.05, 0) is 75.8 Å². The molecule has 0 saturated heterocycles. The van der Waals surface area contributed by atoms with Gasteiger partial charge in [-0.25, -0.2) is 14.5 Å². The van der Waals surface area contributed by atoms with Gasteiger partial charge in [0.15, 0.2) is 5.75 Å². The van der Waals surface area contributed by atoms with Crippen molar-refractivity contribution in [3.8, 4) is 33.8 Å². The summed E-state index contributed by atoms with van der Waals surface area (Å²) in [5, 5.41) is 18.7. The van der Waals surface area contributed by atoms with Gasteiger partial charge in [0, 0.05) is 0 Å². The molecule has 0 aliphatic heterocycles. The van der Waals surface area contributed by atoms with Gasteiger partial charge in [0.1, 0.15) is 19.0 Å². The maximum atomic E-state index is 12.8. The highest BCUT2D eigenvalue weighted by Gasteiger charge is 2.20. The first-order valence-corrected chi connectivity index (χ1v) is 13.0. The van der Waals surface area contributed by atoms with Gasteiger partial charge < -0.3 is 14.7 Å². The van der Waals surface area contributed by atoms with Crippen LogP contribution in [0.1, 0.15) is 31.8 Å². The molecule has 0 bridgehead atoms. The van der Waals surface area contributed by atoms with E-state index in [2.05, 4.69) is 4.89 Å². The number of hydrogen-bond donors (Lipinski definition) is 2. The molecule has 42 heavy (non-hydrogen) atoms. The van der Waals surface area contributed by atoms with Crippen LogP contribution in [0.2, 0.25) is 0 Å². The first kappa shape index (κ1) is 28.3.